The molecule has 0 aromatic heterocycles. The van der Waals surface area contributed by atoms with E-state index in [4.69, 9.17) is 16.3 Å². The van der Waals surface area contributed by atoms with Gasteiger partial charge < -0.3 is 4.74 Å². The van der Waals surface area contributed by atoms with Gasteiger partial charge in [-0.05, 0) is 17.5 Å². The molecule has 1 aliphatic heterocycles. The molecular weight excluding hydrogens is 290 g/mol. The lowest BCUT2D eigenvalue weighted by molar-refractivity contribution is -0.145. The zero-order valence-corrected chi connectivity index (χ0v) is 13.2. The van der Waals surface area contributed by atoms with Crippen LogP contribution >= 0.6 is 11.6 Å². The van der Waals surface area contributed by atoms with Gasteiger partial charge in [0.15, 0.2) is 0 Å². The number of methoxy groups -OCH3 is 1. The summed E-state index contributed by atoms with van der Waals surface area (Å²) in [5.41, 5.74) is 0.161. The van der Waals surface area contributed by atoms with Gasteiger partial charge in [0, 0.05) is 24.0 Å². The van der Waals surface area contributed by atoms with Crippen molar-refractivity contribution in [1.29, 1.82) is 0 Å². The van der Waals surface area contributed by atoms with Crippen molar-refractivity contribution in [3.63, 3.8) is 0 Å². The molecule has 1 saturated heterocycles. The second kappa shape index (κ2) is 6.16. The normalized spacial score (nSPS) is 26.0. The van der Waals surface area contributed by atoms with E-state index in [2.05, 4.69) is 5.32 Å². The number of rotatable bonds is 4. The van der Waals surface area contributed by atoms with Gasteiger partial charge in [-0.2, -0.15) is 0 Å². The van der Waals surface area contributed by atoms with Crippen LogP contribution in [0.3, 0.4) is 0 Å². The van der Waals surface area contributed by atoms with Gasteiger partial charge in [0.25, 0.3) is 0 Å². The van der Waals surface area contributed by atoms with E-state index in [0.29, 0.717) is 11.6 Å². The number of benzene rings is 1. The fourth-order valence-electron chi connectivity index (χ4n) is 3.18. The lowest BCUT2D eigenvalue weighted by Gasteiger charge is -2.45. The molecule has 1 aromatic rings. The van der Waals surface area contributed by atoms with Crippen LogP contribution in [0.2, 0.25) is 5.02 Å². The van der Waals surface area contributed by atoms with Gasteiger partial charge in [-0.15, -0.1) is 0 Å². The fraction of sp³-hybridized carbons (Fsp3) is 0.500. The third-order valence-corrected chi connectivity index (χ3v) is 4.71. The van der Waals surface area contributed by atoms with Gasteiger partial charge in [-0.3, -0.25) is 14.9 Å². The van der Waals surface area contributed by atoms with Crippen LogP contribution in [0.1, 0.15) is 31.7 Å². The Hall–Kier alpha value is -1.39. The van der Waals surface area contributed by atoms with E-state index in [-0.39, 0.29) is 24.2 Å². The lowest BCUT2D eigenvalue weighted by atomic mass is 9.61. The average Bonchev–Trinajstić information content (AvgIpc) is 2.40. The molecule has 21 heavy (non-hydrogen) atoms. The molecule has 0 bridgehead atoms. The Morgan fingerprint density at radius 3 is 2.62 bits per heavy atom. The molecule has 1 fully saturated rings. The highest BCUT2D eigenvalue weighted by atomic mass is 35.5. The topological polar surface area (TPSA) is 55.4 Å². The van der Waals surface area contributed by atoms with Crippen molar-refractivity contribution < 1.29 is 14.3 Å². The van der Waals surface area contributed by atoms with Crippen LogP contribution in [0.4, 0.5) is 0 Å². The number of carbonyl (C=O) groups is 2. The molecule has 0 spiro atoms. The van der Waals surface area contributed by atoms with Gasteiger partial charge in [0.05, 0.1) is 12.5 Å². The molecule has 1 aromatic carbocycles. The third kappa shape index (κ3) is 2.83. The van der Waals surface area contributed by atoms with E-state index in [9.17, 15) is 9.59 Å². The number of ether oxygens (including phenoxy) is 1. The van der Waals surface area contributed by atoms with Crippen molar-refractivity contribution in [2.24, 2.45) is 11.3 Å². The minimum absolute atomic E-state index is 0.0914. The first-order valence-electron chi connectivity index (χ1n) is 6.99. The van der Waals surface area contributed by atoms with Crippen molar-refractivity contribution >= 4 is 23.4 Å². The molecule has 2 amide bonds. The van der Waals surface area contributed by atoms with E-state index in [0.717, 1.165) is 5.56 Å². The van der Waals surface area contributed by atoms with Crippen LogP contribution in [0.25, 0.3) is 0 Å². The maximum absolute atomic E-state index is 12.5. The number of nitrogens with one attached hydrogen (secondary N) is 1. The number of halogens is 1. The number of amides is 2. The average molecular weight is 310 g/mol. The van der Waals surface area contributed by atoms with Gasteiger partial charge >= 0.3 is 0 Å². The summed E-state index contributed by atoms with van der Waals surface area (Å²) in [6.45, 7) is 4.35. The summed E-state index contributed by atoms with van der Waals surface area (Å²) in [7, 11) is 1.59. The maximum atomic E-state index is 12.5. The van der Waals surface area contributed by atoms with Crippen LogP contribution in [0.15, 0.2) is 24.3 Å². The number of piperidine rings is 1. The van der Waals surface area contributed by atoms with Crippen LogP contribution in [-0.4, -0.2) is 25.5 Å². The quantitative estimate of drug-likeness (QED) is 0.870. The van der Waals surface area contributed by atoms with Crippen LogP contribution in [-0.2, 0) is 14.3 Å². The van der Waals surface area contributed by atoms with E-state index in [1.165, 1.54) is 0 Å². The smallest absolute Gasteiger partial charge is 0.234 e. The highest BCUT2D eigenvalue weighted by Crippen LogP contribution is 2.49. The number of imide groups is 1. The predicted molar refractivity (Wildman–Crippen MR) is 81.1 cm³/mol. The summed E-state index contributed by atoms with van der Waals surface area (Å²) in [5, 5.41) is 2.97. The molecule has 2 unspecified atom stereocenters. The highest BCUT2D eigenvalue weighted by molar-refractivity contribution is 6.31. The summed E-state index contributed by atoms with van der Waals surface area (Å²) >= 11 is 6.29. The molecule has 4 nitrogen and oxygen atoms in total. The second-order valence-corrected chi connectivity index (χ2v) is 6.27. The summed E-state index contributed by atoms with van der Waals surface area (Å²) in [5.74, 6) is -0.961. The fourth-order valence-corrected chi connectivity index (χ4v) is 3.43. The summed E-state index contributed by atoms with van der Waals surface area (Å²) in [6.07, 6.45) is 0.250. The van der Waals surface area contributed by atoms with E-state index < -0.39 is 11.3 Å². The Balaban J connectivity index is 2.59. The Labute approximate surface area is 129 Å². The summed E-state index contributed by atoms with van der Waals surface area (Å²) in [6, 6.07) is 7.28. The second-order valence-electron chi connectivity index (χ2n) is 5.86. The SMILES string of the molecule is COCC1(C(C)C)CC(=O)NC(=O)C1c1ccccc1Cl. The minimum atomic E-state index is -0.584. The minimum Gasteiger partial charge on any atom is -0.384 e. The maximum Gasteiger partial charge on any atom is 0.234 e. The first-order valence-corrected chi connectivity index (χ1v) is 7.37. The molecule has 2 rings (SSSR count). The molecular formula is C16H20ClNO3. The molecule has 114 valence electrons. The Bertz CT molecular complexity index is 558. The number of hydrogen-bond donors (Lipinski definition) is 1. The molecule has 0 radical (unpaired) electrons. The summed E-state index contributed by atoms with van der Waals surface area (Å²) < 4.78 is 5.36. The van der Waals surface area contributed by atoms with E-state index in [1.54, 1.807) is 13.2 Å². The van der Waals surface area contributed by atoms with Gasteiger partial charge in [0.1, 0.15) is 0 Å². The van der Waals surface area contributed by atoms with Crippen molar-refractivity contribution in [1.82, 2.24) is 5.32 Å². The Morgan fingerprint density at radius 1 is 1.38 bits per heavy atom. The van der Waals surface area contributed by atoms with Crippen molar-refractivity contribution in [2.45, 2.75) is 26.2 Å². The van der Waals surface area contributed by atoms with Gasteiger partial charge in [-0.25, -0.2) is 0 Å². The van der Waals surface area contributed by atoms with E-state index in [1.807, 2.05) is 32.0 Å². The first kappa shape index (κ1) is 16.0. The molecule has 2 atom stereocenters. The molecule has 5 heteroatoms. The van der Waals surface area contributed by atoms with Gasteiger partial charge in [0.2, 0.25) is 11.8 Å². The Morgan fingerprint density at radius 2 is 2.05 bits per heavy atom. The first-order chi connectivity index (χ1) is 9.92. The van der Waals surface area contributed by atoms with E-state index >= 15 is 0 Å². The predicted octanol–water partition coefficient (Wildman–Crippen LogP) is 2.76. The highest BCUT2D eigenvalue weighted by Gasteiger charge is 2.51. The zero-order chi connectivity index (χ0) is 15.6. The van der Waals surface area contributed by atoms with Crippen LogP contribution < -0.4 is 5.32 Å². The largest absolute Gasteiger partial charge is 0.384 e. The molecule has 0 saturated carbocycles. The standard InChI is InChI=1S/C16H20ClNO3/c1-10(2)16(9-21-3)8-13(19)18-15(20)14(16)11-6-4-5-7-12(11)17/h4-7,10,14H,8-9H2,1-3H3,(H,18,19,20). The number of hydrogen-bond acceptors (Lipinski definition) is 3. The van der Waals surface area contributed by atoms with Crippen LogP contribution in [0, 0.1) is 11.3 Å². The van der Waals surface area contributed by atoms with Crippen molar-refractivity contribution in [2.75, 3.05) is 13.7 Å². The summed E-state index contributed by atoms with van der Waals surface area (Å²) in [4.78, 5) is 24.4. The number of carbonyl (C=O) groups excluding carboxylic acids is 2. The van der Waals surface area contributed by atoms with Gasteiger partial charge in [-0.1, -0.05) is 43.6 Å². The van der Waals surface area contributed by atoms with Crippen molar-refractivity contribution in [3.05, 3.63) is 34.9 Å². The van der Waals surface area contributed by atoms with Crippen LogP contribution in [0.5, 0.6) is 0 Å². The molecule has 1 heterocycles. The molecule has 1 N–H and O–H groups in total. The third-order valence-electron chi connectivity index (χ3n) is 4.37. The molecule has 1 aliphatic rings. The molecule has 0 aliphatic carbocycles. The zero-order valence-electron chi connectivity index (χ0n) is 12.5. The Kier molecular flexibility index (Phi) is 4.69. The lowest BCUT2D eigenvalue weighted by Crippen LogP contribution is -2.54. The monoisotopic (exact) mass is 309 g/mol. The van der Waals surface area contributed by atoms with Crippen molar-refractivity contribution in [3.8, 4) is 0 Å².